The number of nitrogens with zero attached hydrogens (tertiary/aromatic N) is 1. The lowest BCUT2D eigenvalue weighted by Gasteiger charge is -2.13. The van der Waals surface area contributed by atoms with Gasteiger partial charge < -0.3 is 9.84 Å². The third kappa shape index (κ3) is 2.43. The minimum atomic E-state index is -2.66. The maximum atomic E-state index is 12.6. The second kappa shape index (κ2) is 5.37. The summed E-state index contributed by atoms with van der Waals surface area (Å²) in [6, 6.07) is 0. The number of ether oxygens (including phenoxy) is 1. The number of pyridine rings is 1. The SMILES string of the molecule is COc1c(C(F)F)cnc(CBr)c1CO. The molecule has 3 nitrogen and oxygen atoms in total. The maximum absolute atomic E-state index is 12.6. The number of hydrogen-bond donors (Lipinski definition) is 1. The molecule has 0 atom stereocenters. The zero-order valence-corrected chi connectivity index (χ0v) is 9.59. The van der Waals surface area contributed by atoms with Crippen LogP contribution in [0.5, 0.6) is 5.75 Å². The van der Waals surface area contributed by atoms with Gasteiger partial charge in [0.1, 0.15) is 5.75 Å². The fourth-order valence-electron chi connectivity index (χ4n) is 1.26. The molecule has 1 heterocycles. The van der Waals surface area contributed by atoms with E-state index < -0.39 is 6.43 Å². The van der Waals surface area contributed by atoms with Gasteiger partial charge in [-0.15, -0.1) is 0 Å². The molecule has 1 rings (SSSR count). The first-order valence-corrected chi connectivity index (χ1v) is 5.27. The van der Waals surface area contributed by atoms with Gasteiger partial charge in [0.15, 0.2) is 0 Å². The Morgan fingerprint density at radius 3 is 2.67 bits per heavy atom. The van der Waals surface area contributed by atoms with Crippen LogP contribution in [0, 0.1) is 0 Å². The number of methoxy groups -OCH3 is 1. The van der Waals surface area contributed by atoms with Crippen LogP contribution in [0.3, 0.4) is 0 Å². The van der Waals surface area contributed by atoms with Gasteiger partial charge in [0.05, 0.1) is 25.0 Å². The van der Waals surface area contributed by atoms with Gasteiger partial charge in [-0.25, -0.2) is 8.78 Å². The number of hydrogen-bond acceptors (Lipinski definition) is 3. The Kier molecular flexibility index (Phi) is 4.41. The monoisotopic (exact) mass is 281 g/mol. The number of aliphatic hydroxyl groups is 1. The van der Waals surface area contributed by atoms with E-state index in [4.69, 9.17) is 9.84 Å². The highest BCUT2D eigenvalue weighted by atomic mass is 79.9. The van der Waals surface area contributed by atoms with E-state index in [1.807, 2.05) is 0 Å². The number of rotatable bonds is 4. The van der Waals surface area contributed by atoms with Gasteiger partial charge in [-0.3, -0.25) is 4.98 Å². The predicted octanol–water partition coefficient (Wildman–Crippen LogP) is 2.42. The third-order valence-electron chi connectivity index (χ3n) is 1.97. The molecule has 0 bridgehead atoms. The lowest BCUT2D eigenvalue weighted by Crippen LogP contribution is -2.04. The number of aromatic nitrogens is 1. The minimum Gasteiger partial charge on any atom is -0.496 e. The van der Waals surface area contributed by atoms with Crippen molar-refractivity contribution in [2.45, 2.75) is 18.4 Å². The molecule has 0 amide bonds. The van der Waals surface area contributed by atoms with E-state index >= 15 is 0 Å². The van der Waals surface area contributed by atoms with Crippen molar-refractivity contribution in [3.63, 3.8) is 0 Å². The zero-order valence-electron chi connectivity index (χ0n) is 8.01. The van der Waals surface area contributed by atoms with Crippen LogP contribution in [-0.2, 0) is 11.9 Å². The van der Waals surface area contributed by atoms with Crippen LogP contribution in [0.2, 0.25) is 0 Å². The number of alkyl halides is 3. The van der Waals surface area contributed by atoms with Crippen molar-refractivity contribution in [1.29, 1.82) is 0 Å². The molecule has 0 saturated heterocycles. The molecule has 0 aliphatic carbocycles. The molecule has 1 aromatic rings. The molecule has 6 heteroatoms. The first-order valence-electron chi connectivity index (χ1n) is 4.15. The van der Waals surface area contributed by atoms with Crippen molar-refractivity contribution in [2.24, 2.45) is 0 Å². The van der Waals surface area contributed by atoms with Crippen LogP contribution in [-0.4, -0.2) is 17.2 Å². The third-order valence-corrected chi connectivity index (χ3v) is 2.50. The van der Waals surface area contributed by atoms with Crippen LogP contribution in [0.1, 0.15) is 23.2 Å². The maximum Gasteiger partial charge on any atom is 0.268 e. The molecule has 0 aliphatic heterocycles. The summed E-state index contributed by atoms with van der Waals surface area (Å²) in [5.41, 5.74) is 0.497. The van der Waals surface area contributed by atoms with E-state index in [2.05, 4.69) is 20.9 Å². The average Bonchev–Trinajstić information content (AvgIpc) is 2.26. The summed E-state index contributed by atoms with van der Waals surface area (Å²) >= 11 is 3.16. The Morgan fingerprint density at radius 1 is 1.60 bits per heavy atom. The molecule has 1 aromatic heterocycles. The van der Waals surface area contributed by atoms with E-state index in [0.717, 1.165) is 6.20 Å². The molecule has 1 N–H and O–H groups in total. The molecule has 0 aromatic carbocycles. The minimum absolute atomic E-state index is 0.0111. The Bertz CT molecular complexity index is 347. The van der Waals surface area contributed by atoms with E-state index in [-0.39, 0.29) is 17.9 Å². The smallest absolute Gasteiger partial charge is 0.268 e. The molecular formula is C9H10BrF2NO2. The van der Waals surface area contributed by atoms with Crippen molar-refractivity contribution < 1.29 is 18.6 Å². The summed E-state index contributed by atoms with van der Waals surface area (Å²) < 4.78 is 30.0. The molecule has 0 aliphatic rings. The average molecular weight is 282 g/mol. The second-order valence-electron chi connectivity index (χ2n) is 2.76. The van der Waals surface area contributed by atoms with Gasteiger partial charge in [0, 0.05) is 17.1 Å². The van der Waals surface area contributed by atoms with Crippen LogP contribution in [0.15, 0.2) is 6.20 Å². The fraction of sp³-hybridized carbons (Fsp3) is 0.444. The van der Waals surface area contributed by atoms with Crippen LogP contribution >= 0.6 is 15.9 Å². The highest BCUT2D eigenvalue weighted by molar-refractivity contribution is 9.08. The lowest BCUT2D eigenvalue weighted by molar-refractivity contribution is 0.145. The predicted molar refractivity (Wildman–Crippen MR) is 54.3 cm³/mol. The van der Waals surface area contributed by atoms with E-state index in [9.17, 15) is 8.78 Å². The number of aliphatic hydroxyl groups excluding tert-OH is 1. The van der Waals surface area contributed by atoms with Crippen molar-refractivity contribution in [3.8, 4) is 5.75 Å². The van der Waals surface area contributed by atoms with Gasteiger partial charge in [-0.1, -0.05) is 15.9 Å². The molecule has 15 heavy (non-hydrogen) atoms. The highest BCUT2D eigenvalue weighted by Crippen LogP contribution is 2.33. The zero-order chi connectivity index (χ0) is 11.4. The quantitative estimate of drug-likeness (QED) is 0.862. The normalized spacial score (nSPS) is 10.8. The van der Waals surface area contributed by atoms with Gasteiger partial charge in [-0.05, 0) is 0 Å². The Labute approximate surface area is 94.2 Å². The summed E-state index contributed by atoms with van der Waals surface area (Å²) in [4.78, 5) is 3.83. The van der Waals surface area contributed by atoms with E-state index in [1.165, 1.54) is 7.11 Å². The van der Waals surface area contributed by atoms with Crippen molar-refractivity contribution >= 4 is 15.9 Å². The Hall–Kier alpha value is -0.750. The summed E-state index contributed by atoms with van der Waals surface area (Å²) in [7, 11) is 1.29. The van der Waals surface area contributed by atoms with Crippen LogP contribution in [0.25, 0.3) is 0 Å². The van der Waals surface area contributed by atoms with E-state index in [1.54, 1.807) is 0 Å². The molecule has 0 spiro atoms. The molecular weight excluding hydrogens is 272 g/mol. The number of halogens is 3. The molecule has 0 radical (unpaired) electrons. The van der Waals surface area contributed by atoms with Gasteiger partial charge in [0.25, 0.3) is 6.43 Å². The van der Waals surface area contributed by atoms with Crippen molar-refractivity contribution in [2.75, 3.05) is 7.11 Å². The summed E-state index contributed by atoms with van der Waals surface area (Å²) in [6.07, 6.45) is -1.60. The molecule has 0 unspecified atom stereocenters. The van der Waals surface area contributed by atoms with Crippen LogP contribution in [0.4, 0.5) is 8.78 Å². The fourth-order valence-corrected chi connectivity index (χ4v) is 1.75. The van der Waals surface area contributed by atoms with E-state index in [0.29, 0.717) is 16.6 Å². The Morgan fingerprint density at radius 2 is 2.27 bits per heavy atom. The highest BCUT2D eigenvalue weighted by Gasteiger charge is 2.20. The van der Waals surface area contributed by atoms with Crippen LogP contribution < -0.4 is 4.74 Å². The van der Waals surface area contributed by atoms with Crippen molar-refractivity contribution in [3.05, 3.63) is 23.0 Å². The first-order chi connectivity index (χ1) is 7.15. The van der Waals surface area contributed by atoms with Crippen molar-refractivity contribution in [1.82, 2.24) is 4.98 Å². The van der Waals surface area contributed by atoms with Gasteiger partial charge in [-0.2, -0.15) is 0 Å². The molecule has 84 valence electrons. The summed E-state index contributed by atoms with van der Waals surface area (Å²) in [5, 5.41) is 9.46. The lowest BCUT2D eigenvalue weighted by atomic mass is 10.1. The molecule has 0 saturated carbocycles. The first kappa shape index (κ1) is 12.3. The Balaban J connectivity index is 3.34. The van der Waals surface area contributed by atoms with Gasteiger partial charge >= 0.3 is 0 Å². The largest absolute Gasteiger partial charge is 0.496 e. The second-order valence-corrected chi connectivity index (χ2v) is 3.33. The topological polar surface area (TPSA) is 42.4 Å². The standard InChI is InChI=1S/C9H10BrF2NO2/c1-15-8-5(9(11)12)3-13-7(2-10)6(8)4-14/h3,9,14H,2,4H2,1H3. The van der Waals surface area contributed by atoms with Gasteiger partial charge in [0.2, 0.25) is 0 Å². The molecule has 0 fully saturated rings. The summed E-state index contributed by atoms with van der Waals surface area (Å²) in [6.45, 7) is -0.377. The summed E-state index contributed by atoms with van der Waals surface area (Å²) in [5.74, 6) is 0.0111.